The number of ether oxygens (including phenoxy) is 1. The number of halogens is 3. The molecule has 0 aliphatic heterocycles. The van der Waals surface area contributed by atoms with Crippen LogP contribution in [0, 0.1) is 6.92 Å². The lowest BCUT2D eigenvalue weighted by Gasteiger charge is -2.19. The van der Waals surface area contributed by atoms with Gasteiger partial charge in [0.1, 0.15) is 12.1 Å². The molecule has 3 rings (SSSR count). The fourth-order valence-electron chi connectivity index (χ4n) is 2.64. The predicted molar refractivity (Wildman–Crippen MR) is 90.1 cm³/mol. The van der Waals surface area contributed by atoms with E-state index >= 15 is 0 Å². The van der Waals surface area contributed by atoms with Gasteiger partial charge < -0.3 is 10.1 Å². The van der Waals surface area contributed by atoms with E-state index < -0.39 is 24.6 Å². The van der Waals surface area contributed by atoms with Gasteiger partial charge in [-0.3, -0.25) is 0 Å². The smallest absolute Gasteiger partial charge is 0.393 e. The van der Waals surface area contributed by atoms with Gasteiger partial charge in [0.05, 0.1) is 13.5 Å². The normalized spacial score (nSPS) is 12.8. The van der Waals surface area contributed by atoms with E-state index in [2.05, 4.69) is 20.4 Å². The number of alkyl halides is 3. The molecule has 0 spiro atoms. The van der Waals surface area contributed by atoms with Crippen molar-refractivity contribution >= 4 is 17.6 Å². The van der Waals surface area contributed by atoms with E-state index in [9.17, 15) is 18.0 Å². The molecule has 1 N–H and O–H groups in total. The highest BCUT2D eigenvalue weighted by atomic mass is 19.4. The summed E-state index contributed by atoms with van der Waals surface area (Å²) in [5.41, 5.74) is 1.21. The number of aryl methyl sites for hydroxylation is 1. The Morgan fingerprint density at radius 3 is 2.63 bits per heavy atom. The lowest BCUT2D eigenvalue weighted by Crippen LogP contribution is -2.24. The zero-order valence-electron chi connectivity index (χ0n) is 14.5. The molecule has 142 valence electrons. The van der Waals surface area contributed by atoms with Crippen molar-refractivity contribution < 1.29 is 22.7 Å². The molecule has 3 aromatic rings. The van der Waals surface area contributed by atoms with Crippen LogP contribution in [-0.4, -0.2) is 38.8 Å². The highest BCUT2D eigenvalue weighted by Gasteiger charge is 2.28. The number of carbonyl (C=O) groups excluding carboxylic acids is 1. The second-order valence-electron chi connectivity index (χ2n) is 5.89. The van der Waals surface area contributed by atoms with Crippen molar-refractivity contribution in [2.75, 3.05) is 12.4 Å². The third-order valence-corrected chi connectivity index (χ3v) is 3.83. The standard InChI is InChI=1S/C17H16F3N5O2/c1-10-7-13(25-16(23-10)21-9-22-25)24-14(15(26)27-2)12-5-3-11(4-6-12)8-17(18,19)20/h3-7,9,14,24H,8H2,1-2H3. The van der Waals surface area contributed by atoms with Crippen LogP contribution in [0.25, 0.3) is 5.78 Å². The summed E-state index contributed by atoms with van der Waals surface area (Å²) < 4.78 is 43.8. The molecule has 1 atom stereocenters. The first-order valence-electron chi connectivity index (χ1n) is 7.94. The number of nitrogens with one attached hydrogen (secondary N) is 1. The number of benzene rings is 1. The molecule has 2 aromatic heterocycles. The quantitative estimate of drug-likeness (QED) is 0.687. The largest absolute Gasteiger partial charge is 0.467 e. The number of aromatic nitrogens is 4. The Morgan fingerprint density at radius 2 is 2.00 bits per heavy atom. The third-order valence-electron chi connectivity index (χ3n) is 3.83. The summed E-state index contributed by atoms with van der Waals surface area (Å²) >= 11 is 0. The van der Waals surface area contributed by atoms with Crippen molar-refractivity contribution in [1.82, 2.24) is 19.6 Å². The summed E-state index contributed by atoms with van der Waals surface area (Å²) in [4.78, 5) is 20.5. The van der Waals surface area contributed by atoms with Crippen molar-refractivity contribution in [2.24, 2.45) is 0 Å². The van der Waals surface area contributed by atoms with Crippen LogP contribution in [0.3, 0.4) is 0 Å². The molecule has 0 saturated carbocycles. The first kappa shape index (κ1) is 18.6. The molecular formula is C17H16F3N5O2. The number of carbonyl (C=O) groups is 1. The van der Waals surface area contributed by atoms with Gasteiger partial charge in [0, 0.05) is 11.8 Å². The van der Waals surface area contributed by atoms with Gasteiger partial charge >= 0.3 is 12.1 Å². The van der Waals surface area contributed by atoms with Crippen molar-refractivity contribution in [2.45, 2.75) is 25.6 Å². The lowest BCUT2D eigenvalue weighted by atomic mass is 10.0. The molecule has 0 fully saturated rings. The summed E-state index contributed by atoms with van der Waals surface area (Å²) in [5.74, 6) is 0.202. The highest BCUT2D eigenvalue weighted by molar-refractivity contribution is 5.80. The molecule has 10 heteroatoms. The van der Waals surface area contributed by atoms with Crippen LogP contribution in [0.2, 0.25) is 0 Å². The average molecular weight is 379 g/mol. The molecular weight excluding hydrogens is 363 g/mol. The maximum Gasteiger partial charge on any atom is 0.393 e. The van der Waals surface area contributed by atoms with Crippen molar-refractivity contribution in [3.63, 3.8) is 0 Å². The summed E-state index contributed by atoms with van der Waals surface area (Å²) in [7, 11) is 1.23. The minimum atomic E-state index is -4.30. The average Bonchev–Trinajstić information content (AvgIpc) is 3.06. The SMILES string of the molecule is COC(=O)C(Nc1cc(C)nc2ncnn12)c1ccc(CC(F)(F)F)cc1. The summed E-state index contributed by atoms with van der Waals surface area (Å²) in [6.45, 7) is 1.76. The second kappa shape index (κ2) is 7.22. The fourth-order valence-corrected chi connectivity index (χ4v) is 2.64. The van der Waals surface area contributed by atoms with E-state index in [4.69, 9.17) is 4.74 Å². The van der Waals surface area contributed by atoms with Crippen LogP contribution in [-0.2, 0) is 16.0 Å². The zero-order valence-corrected chi connectivity index (χ0v) is 14.5. The second-order valence-corrected chi connectivity index (χ2v) is 5.89. The monoisotopic (exact) mass is 379 g/mol. The summed E-state index contributed by atoms with van der Waals surface area (Å²) in [5, 5.41) is 7.06. The van der Waals surface area contributed by atoms with Gasteiger partial charge in [0.25, 0.3) is 5.78 Å². The maximum absolute atomic E-state index is 12.5. The number of rotatable bonds is 5. The van der Waals surface area contributed by atoms with Gasteiger partial charge in [-0.25, -0.2) is 9.78 Å². The fraction of sp³-hybridized carbons (Fsp3) is 0.294. The minimum absolute atomic E-state index is 0.105. The number of nitrogens with zero attached hydrogens (tertiary/aromatic N) is 4. The lowest BCUT2D eigenvalue weighted by molar-refractivity contribution is -0.141. The number of methoxy groups -OCH3 is 1. The van der Waals surface area contributed by atoms with Gasteiger partial charge in [-0.2, -0.15) is 27.8 Å². The number of esters is 1. The first-order valence-corrected chi connectivity index (χ1v) is 7.94. The summed E-state index contributed by atoms with van der Waals surface area (Å²) in [6.07, 6.45) is -4.01. The first-order chi connectivity index (χ1) is 12.8. The molecule has 1 unspecified atom stereocenters. The molecule has 1 aromatic carbocycles. The van der Waals surface area contributed by atoms with E-state index in [0.29, 0.717) is 22.9 Å². The molecule has 0 saturated heterocycles. The molecule has 0 bridgehead atoms. The molecule has 0 aliphatic carbocycles. The molecule has 27 heavy (non-hydrogen) atoms. The van der Waals surface area contributed by atoms with E-state index in [1.165, 1.54) is 42.2 Å². The molecule has 0 amide bonds. The number of hydrogen-bond donors (Lipinski definition) is 1. The van der Waals surface area contributed by atoms with Crippen LogP contribution in [0.4, 0.5) is 19.0 Å². The predicted octanol–water partition coefficient (Wildman–Crippen LogP) is 2.86. The van der Waals surface area contributed by atoms with Gasteiger partial charge in [0.2, 0.25) is 0 Å². The van der Waals surface area contributed by atoms with Crippen LogP contribution in [0.15, 0.2) is 36.7 Å². The molecule has 7 nitrogen and oxygen atoms in total. The Labute approximate surface area is 152 Å². The Balaban J connectivity index is 1.92. The van der Waals surface area contributed by atoms with Crippen molar-refractivity contribution in [1.29, 1.82) is 0 Å². The third kappa shape index (κ3) is 4.33. The van der Waals surface area contributed by atoms with Crippen LogP contribution < -0.4 is 5.32 Å². The van der Waals surface area contributed by atoms with Gasteiger partial charge in [-0.05, 0) is 18.1 Å². The van der Waals surface area contributed by atoms with E-state index in [1.807, 2.05) is 0 Å². The van der Waals surface area contributed by atoms with E-state index in [1.54, 1.807) is 13.0 Å². The number of anilines is 1. The van der Waals surface area contributed by atoms with Crippen LogP contribution in [0.5, 0.6) is 0 Å². The van der Waals surface area contributed by atoms with Crippen LogP contribution in [0.1, 0.15) is 22.9 Å². The molecule has 0 aliphatic rings. The summed E-state index contributed by atoms with van der Waals surface area (Å²) in [6, 6.07) is 6.33. The molecule has 2 heterocycles. The number of hydrogen-bond acceptors (Lipinski definition) is 6. The Hall–Kier alpha value is -3.17. The maximum atomic E-state index is 12.5. The van der Waals surface area contributed by atoms with E-state index in [-0.39, 0.29) is 5.56 Å². The zero-order chi connectivity index (χ0) is 19.6. The molecule has 0 radical (unpaired) electrons. The Kier molecular flexibility index (Phi) is 4.98. The van der Waals surface area contributed by atoms with E-state index in [0.717, 1.165) is 0 Å². The number of fused-ring (bicyclic) bond motifs is 1. The van der Waals surface area contributed by atoms with Crippen LogP contribution >= 0.6 is 0 Å². The van der Waals surface area contributed by atoms with Gasteiger partial charge in [-0.15, -0.1) is 0 Å². The van der Waals surface area contributed by atoms with Crippen molar-refractivity contribution in [3.05, 3.63) is 53.5 Å². The van der Waals surface area contributed by atoms with Crippen molar-refractivity contribution in [3.8, 4) is 0 Å². The Morgan fingerprint density at radius 1 is 1.30 bits per heavy atom. The topological polar surface area (TPSA) is 81.4 Å². The Bertz CT molecular complexity index is 953. The minimum Gasteiger partial charge on any atom is -0.467 e. The van der Waals surface area contributed by atoms with Gasteiger partial charge in [-0.1, -0.05) is 24.3 Å². The van der Waals surface area contributed by atoms with Gasteiger partial charge in [0.15, 0.2) is 6.04 Å². The highest BCUT2D eigenvalue weighted by Crippen LogP contribution is 2.25.